The normalized spacial score (nSPS) is 16.8. The minimum Gasteiger partial charge on any atom is -0.355 e. The third-order valence-electron chi connectivity index (χ3n) is 5.39. The zero-order chi connectivity index (χ0) is 18.9. The van der Waals surface area contributed by atoms with E-state index in [1.165, 1.54) is 11.1 Å². The van der Waals surface area contributed by atoms with Crippen LogP contribution in [0.2, 0.25) is 0 Å². The van der Waals surface area contributed by atoms with E-state index < -0.39 is 0 Å². The maximum atomic E-state index is 12.4. The fourth-order valence-corrected chi connectivity index (χ4v) is 3.63. The van der Waals surface area contributed by atoms with E-state index in [-0.39, 0.29) is 5.91 Å². The molecule has 1 atom stereocenters. The molecule has 1 unspecified atom stereocenters. The van der Waals surface area contributed by atoms with Gasteiger partial charge in [0.2, 0.25) is 5.91 Å². The highest BCUT2D eigenvalue weighted by atomic mass is 16.1. The predicted octanol–water partition coefficient (Wildman–Crippen LogP) is 2.59. The standard InChI is InChI=1S/C23H31N3O/c1-25-14-16-26(17-15-25)22(18-21-10-6-3-7-11-21)19-24-23(27)13-12-20-8-4-2-5-9-20/h2-11,22H,12-19H2,1H3,(H,24,27). The molecule has 4 nitrogen and oxygen atoms in total. The van der Waals surface area contributed by atoms with Crippen LogP contribution in [0.1, 0.15) is 17.5 Å². The third kappa shape index (κ3) is 6.49. The van der Waals surface area contributed by atoms with Crippen LogP contribution in [0.25, 0.3) is 0 Å². The summed E-state index contributed by atoms with van der Waals surface area (Å²) in [7, 11) is 2.18. The maximum Gasteiger partial charge on any atom is 0.220 e. The fraction of sp³-hybridized carbons (Fsp3) is 0.435. The molecule has 0 aliphatic carbocycles. The summed E-state index contributed by atoms with van der Waals surface area (Å²) < 4.78 is 0. The molecule has 0 bridgehead atoms. The molecule has 2 aromatic carbocycles. The largest absolute Gasteiger partial charge is 0.355 e. The number of benzene rings is 2. The third-order valence-corrected chi connectivity index (χ3v) is 5.39. The molecular weight excluding hydrogens is 334 g/mol. The lowest BCUT2D eigenvalue weighted by atomic mass is 10.0. The van der Waals surface area contributed by atoms with Crippen molar-refractivity contribution in [3.8, 4) is 0 Å². The SMILES string of the molecule is CN1CCN(C(CNC(=O)CCc2ccccc2)Cc2ccccc2)CC1. The van der Waals surface area contributed by atoms with Crippen LogP contribution in [-0.4, -0.2) is 61.5 Å². The Morgan fingerprint density at radius 2 is 1.52 bits per heavy atom. The molecule has 1 aliphatic rings. The van der Waals surface area contributed by atoms with Gasteiger partial charge in [0.25, 0.3) is 0 Å². The van der Waals surface area contributed by atoms with Gasteiger partial charge >= 0.3 is 0 Å². The van der Waals surface area contributed by atoms with Gasteiger partial charge in [-0.15, -0.1) is 0 Å². The number of amides is 1. The van der Waals surface area contributed by atoms with Gasteiger partial charge in [-0.25, -0.2) is 0 Å². The molecule has 4 heteroatoms. The average Bonchev–Trinajstić information content (AvgIpc) is 2.72. The quantitative estimate of drug-likeness (QED) is 0.781. The number of nitrogens with zero attached hydrogens (tertiary/aromatic N) is 2. The van der Waals surface area contributed by atoms with Crippen molar-refractivity contribution in [1.82, 2.24) is 15.1 Å². The van der Waals surface area contributed by atoms with E-state index in [2.05, 4.69) is 64.6 Å². The summed E-state index contributed by atoms with van der Waals surface area (Å²) in [6.45, 7) is 5.02. The summed E-state index contributed by atoms with van der Waals surface area (Å²) in [6.07, 6.45) is 2.32. The molecule has 27 heavy (non-hydrogen) atoms. The van der Waals surface area contributed by atoms with Crippen molar-refractivity contribution >= 4 is 5.91 Å². The molecule has 1 heterocycles. The Morgan fingerprint density at radius 1 is 0.926 bits per heavy atom. The first kappa shape index (κ1) is 19.6. The van der Waals surface area contributed by atoms with Crippen molar-refractivity contribution in [2.45, 2.75) is 25.3 Å². The second-order valence-corrected chi connectivity index (χ2v) is 7.47. The van der Waals surface area contributed by atoms with Gasteiger partial charge in [0.05, 0.1) is 0 Å². The number of likely N-dealkylation sites (N-methyl/N-ethyl adjacent to an activating group) is 1. The van der Waals surface area contributed by atoms with E-state index in [4.69, 9.17) is 0 Å². The number of carbonyl (C=O) groups excluding carboxylic acids is 1. The van der Waals surface area contributed by atoms with Crippen molar-refractivity contribution in [3.05, 3.63) is 71.8 Å². The van der Waals surface area contributed by atoms with Crippen LogP contribution in [0, 0.1) is 0 Å². The van der Waals surface area contributed by atoms with Crippen LogP contribution in [0.4, 0.5) is 0 Å². The van der Waals surface area contributed by atoms with Crippen molar-refractivity contribution in [3.63, 3.8) is 0 Å². The number of hydrogen-bond acceptors (Lipinski definition) is 3. The van der Waals surface area contributed by atoms with E-state index in [0.29, 0.717) is 19.0 Å². The molecule has 0 saturated carbocycles. The van der Waals surface area contributed by atoms with Gasteiger partial charge < -0.3 is 10.2 Å². The van der Waals surface area contributed by atoms with Gasteiger partial charge in [-0.3, -0.25) is 9.69 Å². The lowest BCUT2D eigenvalue weighted by molar-refractivity contribution is -0.121. The second-order valence-electron chi connectivity index (χ2n) is 7.47. The van der Waals surface area contributed by atoms with Crippen molar-refractivity contribution < 1.29 is 4.79 Å². The number of nitrogens with one attached hydrogen (secondary N) is 1. The Bertz CT molecular complexity index is 681. The van der Waals surface area contributed by atoms with Crippen molar-refractivity contribution in [2.75, 3.05) is 39.8 Å². The van der Waals surface area contributed by atoms with E-state index in [1.54, 1.807) is 0 Å². The van der Waals surface area contributed by atoms with E-state index in [1.807, 2.05) is 18.2 Å². The Labute approximate surface area is 163 Å². The van der Waals surface area contributed by atoms with E-state index in [0.717, 1.165) is 39.0 Å². The Kier molecular flexibility index (Phi) is 7.43. The molecule has 1 amide bonds. The summed E-state index contributed by atoms with van der Waals surface area (Å²) in [5.74, 6) is 0.144. The number of aryl methyl sites for hydroxylation is 1. The first-order valence-corrected chi connectivity index (χ1v) is 9.98. The molecule has 0 radical (unpaired) electrons. The number of hydrogen-bond donors (Lipinski definition) is 1. The average molecular weight is 366 g/mol. The summed E-state index contributed by atoms with van der Waals surface area (Å²) >= 11 is 0. The minimum absolute atomic E-state index is 0.144. The monoisotopic (exact) mass is 365 g/mol. The predicted molar refractivity (Wildman–Crippen MR) is 111 cm³/mol. The maximum absolute atomic E-state index is 12.4. The number of rotatable bonds is 8. The van der Waals surface area contributed by atoms with Gasteiger partial charge in [-0.2, -0.15) is 0 Å². The molecule has 0 aromatic heterocycles. The summed E-state index contributed by atoms with van der Waals surface area (Å²) in [5.41, 5.74) is 2.55. The Balaban J connectivity index is 1.53. The smallest absolute Gasteiger partial charge is 0.220 e. The molecule has 1 aliphatic heterocycles. The van der Waals surface area contributed by atoms with Gasteiger partial charge in [-0.1, -0.05) is 60.7 Å². The highest BCUT2D eigenvalue weighted by Crippen LogP contribution is 2.12. The van der Waals surface area contributed by atoms with Crippen molar-refractivity contribution in [2.24, 2.45) is 0 Å². The highest BCUT2D eigenvalue weighted by molar-refractivity contribution is 5.76. The van der Waals surface area contributed by atoms with Crippen LogP contribution in [0.5, 0.6) is 0 Å². The van der Waals surface area contributed by atoms with Gasteiger partial charge in [0.15, 0.2) is 0 Å². The van der Waals surface area contributed by atoms with Crippen LogP contribution in [-0.2, 0) is 17.6 Å². The summed E-state index contributed by atoms with van der Waals surface area (Å²) in [4.78, 5) is 17.3. The molecule has 0 spiro atoms. The minimum atomic E-state index is 0.144. The fourth-order valence-electron chi connectivity index (χ4n) is 3.63. The van der Waals surface area contributed by atoms with Crippen molar-refractivity contribution in [1.29, 1.82) is 0 Å². The molecule has 3 rings (SSSR count). The Morgan fingerprint density at radius 3 is 2.15 bits per heavy atom. The molecule has 1 saturated heterocycles. The van der Waals surface area contributed by atoms with Gasteiger partial charge in [0, 0.05) is 45.2 Å². The first-order valence-electron chi connectivity index (χ1n) is 9.98. The van der Waals surface area contributed by atoms with Crippen LogP contribution < -0.4 is 5.32 Å². The van der Waals surface area contributed by atoms with E-state index in [9.17, 15) is 4.79 Å². The number of carbonyl (C=O) groups is 1. The molecule has 1 N–H and O–H groups in total. The topological polar surface area (TPSA) is 35.6 Å². The first-order chi connectivity index (χ1) is 13.2. The number of piperazine rings is 1. The van der Waals surface area contributed by atoms with Crippen LogP contribution in [0.3, 0.4) is 0 Å². The zero-order valence-electron chi connectivity index (χ0n) is 16.3. The van der Waals surface area contributed by atoms with Gasteiger partial charge in [-0.05, 0) is 31.0 Å². The molecule has 2 aromatic rings. The molecule has 144 valence electrons. The molecular formula is C23H31N3O. The van der Waals surface area contributed by atoms with Gasteiger partial charge in [0.1, 0.15) is 0 Å². The highest BCUT2D eigenvalue weighted by Gasteiger charge is 2.23. The lowest BCUT2D eigenvalue weighted by Gasteiger charge is -2.38. The zero-order valence-corrected chi connectivity index (χ0v) is 16.3. The molecule has 1 fully saturated rings. The van der Waals surface area contributed by atoms with Crippen LogP contribution >= 0.6 is 0 Å². The lowest BCUT2D eigenvalue weighted by Crippen LogP contribution is -2.53. The summed E-state index contributed by atoms with van der Waals surface area (Å²) in [5, 5.41) is 3.19. The summed E-state index contributed by atoms with van der Waals surface area (Å²) in [6, 6.07) is 21.2. The van der Waals surface area contributed by atoms with Crippen LogP contribution in [0.15, 0.2) is 60.7 Å². The van der Waals surface area contributed by atoms with E-state index >= 15 is 0 Å². The Hall–Kier alpha value is -2.17. The second kappa shape index (κ2) is 10.2.